The molecule has 152 valence electrons. The fourth-order valence-electron chi connectivity index (χ4n) is 2.36. The summed E-state index contributed by atoms with van der Waals surface area (Å²) in [5.41, 5.74) is 0.594. The Morgan fingerprint density at radius 1 is 1.37 bits per heavy atom. The molecule has 3 N–H and O–H groups in total. The van der Waals surface area contributed by atoms with Crippen molar-refractivity contribution in [2.75, 3.05) is 25.4 Å². The molecule has 0 amide bonds. The highest BCUT2D eigenvalue weighted by atomic mass is 32.2. The molecule has 1 rings (SSSR count). The number of hydrogen-bond acceptors (Lipinski definition) is 5. The molecule has 9 heteroatoms. The van der Waals surface area contributed by atoms with Gasteiger partial charge in [0.05, 0.1) is 12.3 Å². The third-order valence-corrected chi connectivity index (χ3v) is 5.25. The predicted molar refractivity (Wildman–Crippen MR) is 102 cm³/mol. The number of nitrogens with one attached hydrogen (secondary N) is 2. The lowest BCUT2D eigenvalue weighted by Gasteiger charge is -2.16. The summed E-state index contributed by atoms with van der Waals surface area (Å²) in [6, 6.07) is 3.69. The van der Waals surface area contributed by atoms with Crippen molar-refractivity contribution in [3.63, 3.8) is 0 Å². The highest BCUT2D eigenvalue weighted by molar-refractivity contribution is 7.89. The van der Waals surface area contributed by atoms with Crippen LogP contribution < -0.4 is 14.8 Å². The lowest BCUT2D eigenvalue weighted by atomic mass is 10.1. The van der Waals surface area contributed by atoms with Gasteiger partial charge in [-0.15, -0.1) is 0 Å². The van der Waals surface area contributed by atoms with Crippen LogP contribution in [-0.4, -0.2) is 44.9 Å². The normalized spacial score (nSPS) is 12.5. The molecule has 1 unspecified atom stereocenters. The number of benzene rings is 1. The van der Waals surface area contributed by atoms with Gasteiger partial charge >= 0.3 is 5.97 Å². The minimum Gasteiger partial charge on any atom is -0.486 e. The largest absolute Gasteiger partial charge is 0.486 e. The number of carboxylic acid groups (broad SMARTS) is 1. The average molecular weight is 402 g/mol. The van der Waals surface area contributed by atoms with Crippen molar-refractivity contribution in [1.29, 1.82) is 0 Å². The van der Waals surface area contributed by atoms with Gasteiger partial charge in [0.1, 0.15) is 6.61 Å². The van der Waals surface area contributed by atoms with Gasteiger partial charge < -0.3 is 15.2 Å². The molecular weight excluding hydrogens is 375 g/mol. The van der Waals surface area contributed by atoms with E-state index in [-0.39, 0.29) is 24.7 Å². The first-order valence-corrected chi connectivity index (χ1v) is 10.4. The summed E-state index contributed by atoms with van der Waals surface area (Å²) in [6.45, 7) is 5.76. The van der Waals surface area contributed by atoms with Crippen molar-refractivity contribution in [1.82, 2.24) is 10.0 Å². The number of hydrogen-bond donors (Lipinski definition) is 3. The molecule has 1 aromatic carbocycles. The van der Waals surface area contributed by atoms with Crippen molar-refractivity contribution in [3.05, 3.63) is 42.2 Å². The molecule has 0 fully saturated rings. The Balaban J connectivity index is 2.46. The lowest BCUT2D eigenvalue weighted by Crippen LogP contribution is -2.29. The number of carbonyl (C=O) groups is 1. The Labute approximate surface area is 159 Å². The monoisotopic (exact) mass is 402 g/mol. The molecule has 0 aromatic heterocycles. The van der Waals surface area contributed by atoms with E-state index in [1.807, 2.05) is 0 Å². The van der Waals surface area contributed by atoms with Gasteiger partial charge in [0.25, 0.3) is 0 Å². The van der Waals surface area contributed by atoms with Crippen molar-refractivity contribution in [2.24, 2.45) is 0 Å². The zero-order chi connectivity index (χ0) is 20.3. The Morgan fingerprint density at radius 2 is 2.11 bits per heavy atom. The van der Waals surface area contributed by atoms with E-state index in [0.717, 1.165) is 0 Å². The first kappa shape index (κ1) is 23.1. The standard InChI is InChI=1S/C18H27FN2O5S/c1-3-10-26-17-12-15(7-8-16(17)19)14(2)21-27(24,25)11-6-4-5-9-20-13-18(22)23/h3,7-8,12,14,20-21H,1,4-6,9-11,13H2,2H3,(H,22,23). The fourth-order valence-corrected chi connectivity index (χ4v) is 3.74. The van der Waals surface area contributed by atoms with E-state index in [1.54, 1.807) is 6.92 Å². The van der Waals surface area contributed by atoms with E-state index in [4.69, 9.17) is 9.84 Å². The molecule has 0 aliphatic heterocycles. The van der Waals surface area contributed by atoms with E-state index < -0.39 is 27.9 Å². The van der Waals surface area contributed by atoms with Gasteiger partial charge in [-0.3, -0.25) is 4.79 Å². The molecular formula is C18H27FN2O5S. The van der Waals surface area contributed by atoms with Crippen LogP contribution in [0.4, 0.5) is 4.39 Å². The Morgan fingerprint density at radius 3 is 2.78 bits per heavy atom. The fraction of sp³-hybridized carbons (Fsp3) is 0.500. The van der Waals surface area contributed by atoms with Crippen LogP contribution in [0.15, 0.2) is 30.9 Å². The van der Waals surface area contributed by atoms with Crippen LogP contribution in [0.3, 0.4) is 0 Å². The second-order valence-electron chi connectivity index (χ2n) is 6.08. The van der Waals surface area contributed by atoms with Crippen molar-refractivity contribution < 1.29 is 27.4 Å². The van der Waals surface area contributed by atoms with Crippen LogP contribution >= 0.6 is 0 Å². The first-order chi connectivity index (χ1) is 12.7. The number of unbranched alkanes of at least 4 members (excludes halogenated alkanes) is 2. The Hall–Kier alpha value is -1.97. The van der Waals surface area contributed by atoms with E-state index in [9.17, 15) is 17.6 Å². The maximum atomic E-state index is 13.7. The number of ether oxygens (including phenoxy) is 1. The molecule has 27 heavy (non-hydrogen) atoms. The van der Waals surface area contributed by atoms with Crippen molar-refractivity contribution >= 4 is 16.0 Å². The summed E-state index contributed by atoms with van der Waals surface area (Å²) in [6.07, 6.45) is 3.32. The zero-order valence-corrected chi connectivity index (χ0v) is 16.2. The van der Waals surface area contributed by atoms with E-state index in [2.05, 4.69) is 16.6 Å². The van der Waals surface area contributed by atoms with Crippen LogP contribution in [0.5, 0.6) is 5.75 Å². The summed E-state index contributed by atoms with van der Waals surface area (Å²) >= 11 is 0. The molecule has 0 aliphatic rings. The van der Waals surface area contributed by atoms with Crippen LogP contribution in [0.1, 0.15) is 37.8 Å². The van der Waals surface area contributed by atoms with Gasteiger partial charge in [0.15, 0.2) is 11.6 Å². The highest BCUT2D eigenvalue weighted by Crippen LogP contribution is 2.23. The van der Waals surface area contributed by atoms with Crippen molar-refractivity contribution in [2.45, 2.75) is 32.2 Å². The zero-order valence-electron chi connectivity index (χ0n) is 15.4. The lowest BCUT2D eigenvalue weighted by molar-refractivity contribution is -0.135. The third-order valence-electron chi connectivity index (χ3n) is 3.71. The van der Waals surface area contributed by atoms with Gasteiger partial charge in [0.2, 0.25) is 10.0 Å². The minimum absolute atomic E-state index is 0.0305. The number of rotatable bonds is 14. The van der Waals surface area contributed by atoms with Gasteiger partial charge in [-0.1, -0.05) is 25.1 Å². The molecule has 0 saturated carbocycles. The number of halogens is 1. The predicted octanol–water partition coefficient (Wildman–Crippen LogP) is 2.22. The third kappa shape index (κ3) is 9.50. The van der Waals surface area contributed by atoms with Crippen LogP contribution in [-0.2, 0) is 14.8 Å². The van der Waals surface area contributed by atoms with Crippen LogP contribution in [0.2, 0.25) is 0 Å². The molecule has 0 saturated heterocycles. The molecule has 0 radical (unpaired) electrons. The topological polar surface area (TPSA) is 105 Å². The van der Waals surface area contributed by atoms with Gasteiger partial charge in [-0.05, 0) is 44.0 Å². The molecule has 0 bridgehead atoms. The second-order valence-corrected chi connectivity index (χ2v) is 7.95. The molecule has 7 nitrogen and oxygen atoms in total. The number of sulfonamides is 1. The van der Waals surface area contributed by atoms with Crippen LogP contribution in [0.25, 0.3) is 0 Å². The maximum Gasteiger partial charge on any atom is 0.317 e. The summed E-state index contributed by atoms with van der Waals surface area (Å²) in [7, 11) is -3.49. The Bertz CT molecular complexity index is 724. The molecule has 1 aromatic rings. The van der Waals surface area contributed by atoms with E-state index in [0.29, 0.717) is 31.4 Å². The second kappa shape index (κ2) is 11.7. The molecule has 0 heterocycles. The summed E-state index contributed by atoms with van der Waals surface area (Å²) < 4.78 is 45.9. The quantitative estimate of drug-likeness (QED) is 0.326. The first-order valence-electron chi connectivity index (χ1n) is 8.71. The van der Waals surface area contributed by atoms with Gasteiger partial charge in [0, 0.05) is 6.04 Å². The Kier molecular flexibility index (Phi) is 9.98. The maximum absolute atomic E-state index is 13.7. The smallest absolute Gasteiger partial charge is 0.317 e. The summed E-state index contributed by atoms with van der Waals surface area (Å²) in [5, 5.41) is 11.2. The number of aliphatic carboxylic acids is 1. The SMILES string of the molecule is C=CCOc1cc(C(C)NS(=O)(=O)CCCCCNCC(=O)O)ccc1F. The highest BCUT2D eigenvalue weighted by Gasteiger charge is 2.17. The minimum atomic E-state index is -3.49. The molecule has 0 spiro atoms. The van der Waals surface area contributed by atoms with Crippen LogP contribution in [0, 0.1) is 5.82 Å². The van der Waals surface area contributed by atoms with Gasteiger partial charge in [-0.25, -0.2) is 17.5 Å². The summed E-state index contributed by atoms with van der Waals surface area (Å²) in [4.78, 5) is 10.3. The van der Waals surface area contributed by atoms with Crippen molar-refractivity contribution in [3.8, 4) is 5.75 Å². The summed E-state index contributed by atoms with van der Waals surface area (Å²) in [5.74, 6) is -1.42. The van der Waals surface area contributed by atoms with E-state index >= 15 is 0 Å². The molecule has 1 atom stereocenters. The molecule has 0 aliphatic carbocycles. The van der Waals surface area contributed by atoms with E-state index in [1.165, 1.54) is 24.3 Å². The van der Waals surface area contributed by atoms with Gasteiger partial charge in [-0.2, -0.15) is 0 Å². The average Bonchev–Trinajstić information content (AvgIpc) is 2.59. The number of carboxylic acids is 1.